The van der Waals surface area contributed by atoms with Gasteiger partial charge in [0.2, 0.25) is 5.91 Å². The molecule has 1 saturated heterocycles. The lowest BCUT2D eigenvalue weighted by Crippen LogP contribution is -2.51. The molecular weight excluding hydrogens is 366 g/mol. The summed E-state index contributed by atoms with van der Waals surface area (Å²) >= 11 is 1.72. The van der Waals surface area contributed by atoms with Gasteiger partial charge in [0, 0.05) is 36.7 Å². The first-order valence-electron chi connectivity index (χ1n) is 9.71. The molecule has 2 aromatic carbocycles. The third-order valence-corrected chi connectivity index (χ3v) is 6.11. The van der Waals surface area contributed by atoms with Crippen LogP contribution < -0.4 is 10.2 Å². The highest BCUT2D eigenvalue weighted by molar-refractivity contribution is 7.10. The molecule has 0 bridgehead atoms. The Morgan fingerprint density at radius 1 is 0.893 bits per heavy atom. The van der Waals surface area contributed by atoms with Crippen LogP contribution in [0.3, 0.4) is 0 Å². The number of carbonyl (C=O) groups is 1. The van der Waals surface area contributed by atoms with Gasteiger partial charge >= 0.3 is 0 Å². The van der Waals surface area contributed by atoms with Crippen molar-refractivity contribution in [2.45, 2.75) is 6.04 Å². The predicted octanol–water partition coefficient (Wildman–Crippen LogP) is 3.78. The minimum absolute atomic E-state index is 0.0516. The van der Waals surface area contributed by atoms with Gasteiger partial charge in [-0.1, -0.05) is 54.6 Å². The largest absolute Gasteiger partial charge is 0.368 e. The van der Waals surface area contributed by atoms with Crippen LogP contribution in [0.25, 0.3) is 0 Å². The smallest absolute Gasteiger partial charge is 0.236 e. The summed E-state index contributed by atoms with van der Waals surface area (Å²) in [6, 6.07) is 25.0. The van der Waals surface area contributed by atoms with Crippen LogP contribution in [0.5, 0.6) is 0 Å². The van der Waals surface area contributed by atoms with E-state index in [1.165, 1.54) is 16.1 Å². The van der Waals surface area contributed by atoms with Crippen LogP contribution >= 0.6 is 11.3 Å². The molecule has 1 aliphatic heterocycles. The average molecular weight is 392 g/mol. The van der Waals surface area contributed by atoms with Crippen molar-refractivity contribution < 1.29 is 4.79 Å². The first-order valence-corrected chi connectivity index (χ1v) is 10.6. The van der Waals surface area contributed by atoms with E-state index in [0.717, 1.165) is 26.2 Å². The van der Waals surface area contributed by atoms with Crippen LogP contribution in [0.2, 0.25) is 0 Å². The van der Waals surface area contributed by atoms with Gasteiger partial charge in [0.05, 0.1) is 12.6 Å². The highest BCUT2D eigenvalue weighted by Gasteiger charge is 2.22. The van der Waals surface area contributed by atoms with Crippen molar-refractivity contribution in [1.82, 2.24) is 10.2 Å². The Balaban J connectivity index is 1.34. The van der Waals surface area contributed by atoms with Crippen LogP contribution in [-0.2, 0) is 4.79 Å². The zero-order valence-electron chi connectivity index (χ0n) is 15.8. The number of piperazine rings is 1. The standard InChI is InChI=1S/C23H25N3OS/c27-22(26-15-13-25(14-16-26)20-10-5-2-6-11-20)18-24-23(21-12-7-17-28-21)19-8-3-1-4-9-19/h1-12,17,23-24H,13-16,18H2/t23-/m0/s1. The summed E-state index contributed by atoms with van der Waals surface area (Å²) in [6.07, 6.45) is 0. The maximum atomic E-state index is 12.8. The van der Waals surface area contributed by atoms with E-state index in [-0.39, 0.29) is 11.9 Å². The molecule has 0 radical (unpaired) electrons. The quantitative estimate of drug-likeness (QED) is 0.695. The van der Waals surface area contributed by atoms with Gasteiger partial charge in [0.15, 0.2) is 0 Å². The summed E-state index contributed by atoms with van der Waals surface area (Å²) in [6.45, 7) is 3.64. The van der Waals surface area contributed by atoms with Gasteiger partial charge in [-0.2, -0.15) is 0 Å². The highest BCUT2D eigenvalue weighted by Crippen LogP contribution is 2.25. The summed E-state index contributed by atoms with van der Waals surface area (Å²) in [5, 5.41) is 5.56. The summed E-state index contributed by atoms with van der Waals surface area (Å²) in [5.74, 6) is 0.171. The summed E-state index contributed by atoms with van der Waals surface area (Å²) in [5.41, 5.74) is 2.42. The van der Waals surface area contributed by atoms with E-state index in [2.05, 4.69) is 64.1 Å². The second-order valence-corrected chi connectivity index (χ2v) is 7.92. The third-order valence-electron chi connectivity index (χ3n) is 5.17. The summed E-state index contributed by atoms with van der Waals surface area (Å²) in [4.78, 5) is 18.3. The molecule has 1 amide bonds. The zero-order valence-corrected chi connectivity index (χ0v) is 16.6. The van der Waals surface area contributed by atoms with E-state index in [4.69, 9.17) is 0 Å². The topological polar surface area (TPSA) is 35.6 Å². The third kappa shape index (κ3) is 4.43. The minimum atomic E-state index is 0.0516. The second kappa shape index (κ2) is 9.04. The number of carbonyl (C=O) groups excluding carboxylic acids is 1. The molecule has 4 rings (SSSR count). The Kier molecular flexibility index (Phi) is 6.04. The molecule has 3 aromatic rings. The maximum absolute atomic E-state index is 12.8. The van der Waals surface area contributed by atoms with Crippen molar-refractivity contribution in [3.63, 3.8) is 0 Å². The van der Waals surface area contributed by atoms with Crippen LogP contribution in [-0.4, -0.2) is 43.5 Å². The fraction of sp³-hybridized carbons (Fsp3) is 0.261. The number of amides is 1. The van der Waals surface area contributed by atoms with Gasteiger partial charge in [0.25, 0.3) is 0 Å². The number of anilines is 1. The lowest BCUT2D eigenvalue weighted by atomic mass is 10.1. The number of para-hydroxylation sites is 1. The van der Waals surface area contributed by atoms with Crippen molar-refractivity contribution in [2.75, 3.05) is 37.6 Å². The van der Waals surface area contributed by atoms with E-state index in [1.807, 2.05) is 29.2 Å². The number of hydrogen-bond donors (Lipinski definition) is 1. The normalized spacial score (nSPS) is 15.4. The van der Waals surface area contributed by atoms with Crippen molar-refractivity contribution >= 4 is 22.9 Å². The molecule has 5 heteroatoms. The van der Waals surface area contributed by atoms with Crippen molar-refractivity contribution in [1.29, 1.82) is 0 Å². The number of nitrogens with zero attached hydrogens (tertiary/aromatic N) is 2. The van der Waals surface area contributed by atoms with Crippen LogP contribution in [0.15, 0.2) is 78.2 Å². The lowest BCUT2D eigenvalue weighted by molar-refractivity contribution is -0.130. The molecule has 1 aliphatic rings. The summed E-state index contributed by atoms with van der Waals surface area (Å²) in [7, 11) is 0. The molecule has 2 heterocycles. The minimum Gasteiger partial charge on any atom is -0.368 e. The van der Waals surface area contributed by atoms with Crippen molar-refractivity contribution in [3.8, 4) is 0 Å². The molecule has 0 unspecified atom stereocenters. The van der Waals surface area contributed by atoms with Gasteiger partial charge < -0.3 is 9.80 Å². The van der Waals surface area contributed by atoms with Crippen molar-refractivity contribution in [2.24, 2.45) is 0 Å². The first-order chi connectivity index (χ1) is 13.8. The van der Waals surface area contributed by atoms with Crippen molar-refractivity contribution in [3.05, 3.63) is 88.6 Å². The Morgan fingerprint density at radius 2 is 1.57 bits per heavy atom. The molecule has 1 N–H and O–H groups in total. The first kappa shape index (κ1) is 18.7. The van der Waals surface area contributed by atoms with E-state index in [9.17, 15) is 4.79 Å². The van der Waals surface area contributed by atoms with Crippen LogP contribution in [0.4, 0.5) is 5.69 Å². The van der Waals surface area contributed by atoms with Gasteiger partial charge in [-0.3, -0.25) is 10.1 Å². The second-order valence-electron chi connectivity index (χ2n) is 6.94. The predicted molar refractivity (Wildman–Crippen MR) is 116 cm³/mol. The summed E-state index contributed by atoms with van der Waals surface area (Å²) < 4.78 is 0. The van der Waals surface area contributed by atoms with Gasteiger partial charge in [0.1, 0.15) is 0 Å². The lowest BCUT2D eigenvalue weighted by Gasteiger charge is -2.36. The molecule has 1 aromatic heterocycles. The fourth-order valence-corrected chi connectivity index (χ4v) is 4.46. The van der Waals surface area contributed by atoms with Gasteiger partial charge in [-0.05, 0) is 29.1 Å². The molecule has 0 spiro atoms. The number of thiophene rings is 1. The number of nitrogens with one attached hydrogen (secondary N) is 1. The maximum Gasteiger partial charge on any atom is 0.236 e. The van der Waals surface area contributed by atoms with E-state index in [0.29, 0.717) is 6.54 Å². The Morgan fingerprint density at radius 3 is 2.21 bits per heavy atom. The highest BCUT2D eigenvalue weighted by atomic mass is 32.1. The number of rotatable bonds is 6. The Hall–Kier alpha value is -2.63. The van der Waals surface area contributed by atoms with E-state index in [1.54, 1.807) is 11.3 Å². The Labute approximate surface area is 170 Å². The van der Waals surface area contributed by atoms with Gasteiger partial charge in [-0.15, -0.1) is 11.3 Å². The van der Waals surface area contributed by atoms with Crippen LogP contribution in [0, 0.1) is 0 Å². The number of hydrogen-bond acceptors (Lipinski definition) is 4. The average Bonchev–Trinajstić information content (AvgIpc) is 3.30. The molecule has 4 nitrogen and oxygen atoms in total. The monoisotopic (exact) mass is 391 g/mol. The molecular formula is C23H25N3OS. The van der Waals surface area contributed by atoms with Crippen LogP contribution in [0.1, 0.15) is 16.5 Å². The SMILES string of the molecule is O=C(CN[C@@H](c1ccccc1)c1cccs1)N1CCN(c2ccccc2)CC1. The molecule has 0 saturated carbocycles. The van der Waals surface area contributed by atoms with Gasteiger partial charge in [-0.25, -0.2) is 0 Å². The molecule has 0 aliphatic carbocycles. The molecule has 1 fully saturated rings. The molecule has 1 atom stereocenters. The van der Waals surface area contributed by atoms with E-state index < -0.39 is 0 Å². The molecule has 144 valence electrons. The van der Waals surface area contributed by atoms with E-state index >= 15 is 0 Å². The Bertz CT molecular complexity index is 859. The number of benzene rings is 2. The molecule has 28 heavy (non-hydrogen) atoms. The zero-order chi connectivity index (χ0) is 19.2. The fourth-order valence-electron chi connectivity index (χ4n) is 3.64.